The molecule has 0 aromatic heterocycles. The lowest BCUT2D eigenvalue weighted by Gasteiger charge is -2.15. The first-order valence-corrected chi connectivity index (χ1v) is 5.87. The third-order valence-corrected chi connectivity index (χ3v) is 2.32. The number of carbonyl (C=O) groups is 2. The number of nitrogens with two attached hydrogens (primary N) is 3. The van der Waals surface area contributed by atoms with Gasteiger partial charge in [0.15, 0.2) is 0 Å². The number of rotatable bonds is 10. The van der Waals surface area contributed by atoms with Crippen LogP contribution in [0.4, 0.5) is 0 Å². The summed E-state index contributed by atoms with van der Waals surface area (Å²) in [5.41, 5.74) is 18.3. The van der Waals surface area contributed by atoms with Crippen molar-refractivity contribution in [1.29, 1.82) is 0 Å². The van der Waals surface area contributed by atoms with Crippen LogP contribution in [0.2, 0.25) is 0 Å². The molecular formula is C10H22N4O4. The molecule has 0 aliphatic carbocycles. The predicted molar refractivity (Wildman–Crippen MR) is 65.2 cm³/mol. The summed E-state index contributed by atoms with van der Waals surface area (Å²) in [5.74, 6) is -1.80. The number of hydroxylamine groups is 1. The lowest BCUT2D eigenvalue weighted by atomic mass is 10.1. The van der Waals surface area contributed by atoms with Crippen LogP contribution in [-0.2, 0) is 14.4 Å². The number of carboxylic acids is 1. The molecule has 8 N–H and O–H groups in total. The summed E-state index contributed by atoms with van der Waals surface area (Å²) in [7, 11) is 0. The highest BCUT2D eigenvalue weighted by Crippen LogP contribution is 1.99. The van der Waals surface area contributed by atoms with Crippen LogP contribution in [0.15, 0.2) is 0 Å². The zero-order valence-corrected chi connectivity index (χ0v) is 10.3. The summed E-state index contributed by atoms with van der Waals surface area (Å²) < 4.78 is 0. The predicted octanol–water partition coefficient (Wildman–Crippen LogP) is -1.71. The fourth-order valence-corrected chi connectivity index (χ4v) is 1.22. The second-order valence-electron chi connectivity index (χ2n) is 3.90. The number of hydrogen-bond donors (Lipinski definition) is 5. The van der Waals surface area contributed by atoms with Gasteiger partial charge in [-0.2, -0.15) is 0 Å². The Bertz CT molecular complexity index is 262. The first-order valence-electron chi connectivity index (χ1n) is 5.87. The van der Waals surface area contributed by atoms with Gasteiger partial charge in [-0.1, -0.05) is 0 Å². The van der Waals surface area contributed by atoms with E-state index >= 15 is 0 Å². The fraction of sp³-hybridized carbons (Fsp3) is 0.800. The van der Waals surface area contributed by atoms with E-state index in [9.17, 15) is 9.59 Å². The van der Waals surface area contributed by atoms with Gasteiger partial charge < -0.3 is 27.1 Å². The van der Waals surface area contributed by atoms with Crippen molar-refractivity contribution < 1.29 is 19.5 Å². The van der Waals surface area contributed by atoms with Crippen molar-refractivity contribution in [3.05, 3.63) is 0 Å². The second kappa shape index (κ2) is 9.77. The molecule has 0 saturated heterocycles. The Kier molecular flexibility index (Phi) is 9.11. The van der Waals surface area contributed by atoms with Gasteiger partial charge in [0.25, 0.3) is 0 Å². The van der Waals surface area contributed by atoms with Gasteiger partial charge >= 0.3 is 11.9 Å². The molecule has 0 spiro atoms. The quantitative estimate of drug-likeness (QED) is 0.292. The molecule has 18 heavy (non-hydrogen) atoms. The molecule has 0 fully saturated rings. The molecule has 0 rings (SSSR count). The molecule has 0 aromatic rings. The van der Waals surface area contributed by atoms with Gasteiger partial charge in [-0.15, -0.1) is 5.48 Å². The number of carbonyl (C=O) groups excluding carboxylic acids is 1. The van der Waals surface area contributed by atoms with Crippen LogP contribution in [0.25, 0.3) is 0 Å². The van der Waals surface area contributed by atoms with Crippen molar-refractivity contribution in [3.8, 4) is 0 Å². The van der Waals surface area contributed by atoms with E-state index < -0.39 is 24.0 Å². The highest BCUT2D eigenvalue weighted by molar-refractivity contribution is 5.76. The summed E-state index contributed by atoms with van der Waals surface area (Å²) in [6.07, 6.45) is 1.79. The highest BCUT2D eigenvalue weighted by Gasteiger charge is 2.21. The topological polar surface area (TPSA) is 154 Å². The molecule has 2 atom stereocenters. The van der Waals surface area contributed by atoms with Crippen molar-refractivity contribution in [2.45, 2.75) is 37.8 Å². The van der Waals surface area contributed by atoms with Gasteiger partial charge in [-0.3, -0.25) is 4.79 Å². The van der Waals surface area contributed by atoms with Gasteiger partial charge in [0.1, 0.15) is 12.1 Å². The molecule has 0 bridgehead atoms. The lowest BCUT2D eigenvalue weighted by molar-refractivity contribution is -0.159. The molecule has 0 heterocycles. The fourth-order valence-electron chi connectivity index (χ4n) is 1.22. The molecule has 0 aliphatic heterocycles. The minimum Gasteiger partial charge on any atom is -0.480 e. The molecule has 0 aliphatic rings. The van der Waals surface area contributed by atoms with Crippen LogP contribution in [-0.4, -0.2) is 42.2 Å². The zero-order chi connectivity index (χ0) is 14.0. The Morgan fingerprint density at radius 1 is 1.17 bits per heavy atom. The average molecular weight is 262 g/mol. The van der Waals surface area contributed by atoms with E-state index in [0.717, 1.165) is 0 Å². The Labute approximate surface area is 106 Å². The second-order valence-corrected chi connectivity index (χ2v) is 3.90. The van der Waals surface area contributed by atoms with Gasteiger partial charge in [-0.25, -0.2) is 4.79 Å². The van der Waals surface area contributed by atoms with E-state index in [1.807, 2.05) is 0 Å². The molecule has 0 radical (unpaired) electrons. The van der Waals surface area contributed by atoms with E-state index in [-0.39, 0.29) is 6.42 Å². The van der Waals surface area contributed by atoms with Crippen LogP contribution < -0.4 is 22.7 Å². The van der Waals surface area contributed by atoms with Gasteiger partial charge in [0.2, 0.25) is 0 Å². The highest BCUT2D eigenvalue weighted by atomic mass is 16.7. The van der Waals surface area contributed by atoms with Crippen LogP contribution in [0, 0.1) is 0 Å². The summed E-state index contributed by atoms with van der Waals surface area (Å²) in [5, 5.41) is 8.85. The van der Waals surface area contributed by atoms with Crippen molar-refractivity contribution in [2.75, 3.05) is 13.1 Å². The monoisotopic (exact) mass is 262 g/mol. The molecule has 0 saturated carbocycles. The summed E-state index contributed by atoms with van der Waals surface area (Å²) >= 11 is 0. The summed E-state index contributed by atoms with van der Waals surface area (Å²) in [6, 6.07) is -1.77. The van der Waals surface area contributed by atoms with E-state index in [4.69, 9.17) is 22.3 Å². The number of nitrogens with one attached hydrogen (secondary N) is 1. The molecule has 0 amide bonds. The third-order valence-electron chi connectivity index (χ3n) is 2.32. The molecule has 8 heteroatoms. The first kappa shape index (κ1) is 16.8. The van der Waals surface area contributed by atoms with Crippen molar-refractivity contribution >= 4 is 11.9 Å². The minimum absolute atomic E-state index is 0.275. The normalized spacial score (nSPS) is 13.9. The summed E-state index contributed by atoms with van der Waals surface area (Å²) in [6.45, 7) is 0.804. The lowest BCUT2D eigenvalue weighted by Crippen LogP contribution is -2.43. The number of aliphatic carboxylic acids is 1. The van der Waals surface area contributed by atoms with Crippen molar-refractivity contribution in [2.24, 2.45) is 17.2 Å². The van der Waals surface area contributed by atoms with Crippen molar-refractivity contribution in [3.63, 3.8) is 0 Å². The smallest absolute Gasteiger partial charge is 0.341 e. The first-order chi connectivity index (χ1) is 8.52. The van der Waals surface area contributed by atoms with Gasteiger partial charge in [0, 0.05) is 0 Å². The van der Waals surface area contributed by atoms with E-state index in [0.29, 0.717) is 32.4 Å². The molecule has 106 valence electrons. The minimum atomic E-state index is -1.10. The zero-order valence-electron chi connectivity index (χ0n) is 10.3. The maximum absolute atomic E-state index is 11.4. The van der Waals surface area contributed by atoms with E-state index in [1.165, 1.54) is 0 Å². The SMILES string of the molecule is NCCC[C@@H](N)C(=O)ON[C@@H](CCCN)C(=O)O. The Morgan fingerprint density at radius 2 is 1.72 bits per heavy atom. The van der Waals surface area contributed by atoms with Crippen LogP contribution in [0.5, 0.6) is 0 Å². The molecule has 0 aromatic carbocycles. The third kappa shape index (κ3) is 7.17. The molecular weight excluding hydrogens is 240 g/mol. The standard InChI is InChI=1S/C10H22N4O4/c11-5-1-3-7(13)10(17)18-14-8(9(15)16)4-2-6-12/h7-8,14H,1-6,11-13H2,(H,15,16)/t7-,8+/m1/s1. The molecule has 8 nitrogen and oxygen atoms in total. The average Bonchev–Trinajstić information content (AvgIpc) is 2.35. The van der Waals surface area contributed by atoms with E-state index in [2.05, 4.69) is 10.3 Å². The maximum Gasteiger partial charge on any atom is 0.341 e. The van der Waals surface area contributed by atoms with E-state index in [1.54, 1.807) is 0 Å². The van der Waals surface area contributed by atoms with Crippen LogP contribution >= 0.6 is 0 Å². The van der Waals surface area contributed by atoms with Crippen molar-refractivity contribution in [1.82, 2.24) is 5.48 Å². The number of hydrogen-bond acceptors (Lipinski definition) is 7. The maximum atomic E-state index is 11.4. The number of carboxylic acid groups (broad SMARTS) is 1. The van der Waals surface area contributed by atoms with Crippen LogP contribution in [0.3, 0.4) is 0 Å². The van der Waals surface area contributed by atoms with Gasteiger partial charge in [-0.05, 0) is 38.8 Å². The summed E-state index contributed by atoms with van der Waals surface area (Å²) in [4.78, 5) is 26.8. The Balaban J connectivity index is 4.01. The Hall–Kier alpha value is -1.22. The molecule has 0 unspecified atom stereocenters. The largest absolute Gasteiger partial charge is 0.480 e. The van der Waals surface area contributed by atoms with Crippen LogP contribution in [0.1, 0.15) is 25.7 Å². The van der Waals surface area contributed by atoms with Gasteiger partial charge in [0.05, 0.1) is 0 Å². The Morgan fingerprint density at radius 3 is 2.22 bits per heavy atom.